The number of aliphatic hydroxyl groups is 1. The molecule has 0 atom stereocenters. The fourth-order valence-electron chi connectivity index (χ4n) is 1.96. The van der Waals surface area contributed by atoms with E-state index in [0.29, 0.717) is 17.1 Å². The lowest BCUT2D eigenvalue weighted by molar-refractivity contribution is -0.105. The second-order valence-corrected chi connectivity index (χ2v) is 6.14. The zero-order valence-electron chi connectivity index (χ0n) is 12.3. The smallest absolute Gasteiger partial charge is 0.396 e. The molecule has 0 fully saturated rings. The summed E-state index contributed by atoms with van der Waals surface area (Å²) in [5.41, 5.74) is 0.452. The molecular weight excluding hydrogens is 299 g/mol. The summed E-state index contributed by atoms with van der Waals surface area (Å²) in [5.74, 6) is -0.904. The van der Waals surface area contributed by atoms with Crippen molar-refractivity contribution < 1.29 is 18.3 Å². The average molecular weight is 321 g/mol. The topological polar surface area (TPSA) is 32.3 Å². The molecule has 0 heterocycles. The molecule has 6 heteroatoms. The quantitative estimate of drug-likeness (QED) is 0.689. The van der Waals surface area contributed by atoms with Gasteiger partial charge in [0.15, 0.2) is 0 Å². The Morgan fingerprint density at radius 2 is 1.76 bits per heavy atom. The van der Waals surface area contributed by atoms with E-state index in [1.54, 1.807) is 24.3 Å². The summed E-state index contributed by atoms with van der Waals surface area (Å²) >= 11 is 0.777. The monoisotopic (exact) mass is 321 g/mol. The summed E-state index contributed by atoms with van der Waals surface area (Å²) in [6.07, 6.45) is -2.56. The highest BCUT2D eigenvalue weighted by atomic mass is 32.2. The van der Waals surface area contributed by atoms with Gasteiger partial charge in [-0.3, -0.25) is 0 Å². The van der Waals surface area contributed by atoms with Crippen molar-refractivity contribution >= 4 is 17.4 Å². The largest absolute Gasteiger partial charge is 0.398 e. The van der Waals surface area contributed by atoms with Gasteiger partial charge in [-0.2, -0.15) is 13.2 Å². The van der Waals surface area contributed by atoms with Crippen LogP contribution in [0.15, 0.2) is 29.2 Å². The summed E-state index contributed by atoms with van der Waals surface area (Å²) in [6.45, 7) is 4.61. The molecular formula is C15H22F3NOS. The fraction of sp³-hybridized carbons (Fsp3) is 0.600. The van der Waals surface area contributed by atoms with Gasteiger partial charge >= 0.3 is 6.18 Å². The Balaban J connectivity index is 2.75. The molecule has 0 saturated heterocycles. The van der Waals surface area contributed by atoms with Crippen molar-refractivity contribution in [2.75, 3.05) is 24.2 Å². The molecule has 21 heavy (non-hydrogen) atoms. The van der Waals surface area contributed by atoms with Crippen molar-refractivity contribution in [3.8, 4) is 0 Å². The molecule has 0 aliphatic heterocycles. The van der Waals surface area contributed by atoms with Crippen molar-refractivity contribution in [2.24, 2.45) is 5.41 Å². The summed E-state index contributed by atoms with van der Waals surface area (Å²) in [6, 6.07) is 6.96. The van der Waals surface area contributed by atoms with Crippen LogP contribution in [-0.4, -0.2) is 30.2 Å². The van der Waals surface area contributed by atoms with Crippen molar-refractivity contribution in [1.29, 1.82) is 0 Å². The molecule has 0 bridgehead atoms. The maximum absolute atomic E-state index is 12.3. The van der Waals surface area contributed by atoms with E-state index in [9.17, 15) is 18.3 Å². The molecule has 1 aromatic carbocycles. The van der Waals surface area contributed by atoms with E-state index in [0.717, 1.165) is 24.6 Å². The Morgan fingerprint density at radius 1 is 1.14 bits per heavy atom. The first-order chi connectivity index (χ1) is 9.86. The van der Waals surface area contributed by atoms with Gasteiger partial charge in [0.2, 0.25) is 0 Å². The van der Waals surface area contributed by atoms with Gasteiger partial charge in [-0.05, 0) is 25.0 Å². The number of halogens is 3. The van der Waals surface area contributed by atoms with E-state index >= 15 is 0 Å². The molecule has 0 aromatic heterocycles. The van der Waals surface area contributed by atoms with Gasteiger partial charge in [-0.1, -0.05) is 26.0 Å². The van der Waals surface area contributed by atoms with Crippen LogP contribution < -0.4 is 5.32 Å². The Bertz CT molecular complexity index is 425. The number of anilines is 1. The lowest BCUT2D eigenvalue weighted by Gasteiger charge is -2.30. The standard InChI is InChI=1S/C15H22F3NOS/c1-3-14(4-2,10-20)9-19-12-7-5-6-8-13(12)21-11-15(16,17)18/h5-8,19-20H,3-4,9-11H2,1-2H3. The molecule has 2 nitrogen and oxygen atoms in total. The maximum atomic E-state index is 12.3. The molecule has 1 aromatic rings. The second kappa shape index (κ2) is 7.94. The highest BCUT2D eigenvalue weighted by molar-refractivity contribution is 7.99. The number of rotatable bonds is 8. The van der Waals surface area contributed by atoms with Crippen LogP contribution in [0.25, 0.3) is 0 Å². The summed E-state index contributed by atoms with van der Waals surface area (Å²) in [7, 11) is 0. The third-order valence-electron chi connectivity index (χ3n) is 3.77. The molecule has 0 aliphatic carbocycles. The molecule has 0 amide bonds. The molecule has 120 valence electrons. The van der Waals surface area contributed by atoms with Crippen LogP contribution in [0.2, 0.25) is 0 Å². The summed E-state index contributed by atoms with van der Waals surface area (Å²) in [4.78, 5) is 0.578. The third kappa shape index (κ3) is 5.79. The summed E-state index contributed by atoms with van der Waals surface area (Å²) in [5, 5.41) is 12.7. The predicted octanol–water partition coefficient (Wildman–Crippen LogP) is 4.55. The van der Waals surface area contributed by atoms with Crippen LogP contribution in [0.5, 0.6) is 0 Å². The van der Waals surface area contributed by atoms with Gasteiger partial charge in [-0.15, -0.1) is 11.8 Å². The number of hydrogen-bond acceptors (Lipinski definition) is 3. The van der Waals surface area contributed by atoms with Crippen LogP contribution in [0, 0.1) is 5.41 Å². The van der Waals surface area contributed by atoms with Crippen LogP contribution in [0.4, 0.5) is 18.9 Å². The van der Waals surface area contributed by atoms with Gasteiger partial charge in [-0.25, -0.2) is 0 Å². The van der Waals surface area contributed by atoms with Crippen LogP contribution >= 0.6 is 11.8 Å². The van der Waals surface area contributed by atoms with E-state index in [4.69, 9.17) is 0 Å². The van der Waals surface area contributed by atoms with Crippen LogP contribution in [0.3, 0.4) is 0 Å². The average Bonchev–Trinajstić information content (AvgIpc) is 2.47. The number of aliphatic hydroxyl groups excluding tert-OH is 1. The number of thioether (sulfide) groups is 1. The fourth-order valence-corrected chi connectivity index (χ4v) is 2.75. The van der Waals surface area contributed by atoms with E-state index in [2.05, 4.69) is 5.32 Å². The highest BCUT2D eigenvalue weighted by Crippen LogP contribution is 2.33. The SMILES string of the molecule is CCC(CC)(CO)CNc1ccccc1SCC(F)(F)F. The maximum Gasteiger partial charge on any atom is 0.398 e. The molecule has 0 spiro atoms. The Labute approximate surface area is 128 Å². The number of nitrogens with one attached hydrogen (secondary N) is 1. The van der Waals surface area contributed by atoms with E-state index in [-0.39, 0.29) is 12.0 Å². The van der Waals surface area contributed by atoms with Crippen molar-refractivity contribution in [2.45, 2.75) is 37.8 Å². The molecule has 2 N–H and O–H groups in total. The third-order valence-corrected chi connectivity index (χ3v) is 4.91. The lowest BCUT2D eigenvalue weighted by Crippen LogP contribution is -2.32. The normalized spacial score (nSPS) is 12.5. The molecule has 0 radical (unpaired) electrons. The predicted molar refractivity (Wildman–Crippen MR) is 81.8 cm³/mol. The van der Waals surface area contributed by atoms with E-state index in [1.165, 1.54) is 0 Å². The van der Waals surface area contributed by atoms with Gasteiger partial charge < -0.3 is 10.4 Å². The first-order valence-electron chi connectivity index (χ1n) is 6.99. The van der Waals surface area contributed by atoms with E-state index < -0.39 is 11.9 Å². The van der Waals surface area contributed by atoms with Crippen molar-refractivity contribution in [3.05, 3.63) is 24.3 Å². The van der Waals surface area contributed by atoms with E-state index in [1.807, 2.05) is 13.8 Å². The van der Waals surface area contributed by atoms with Gasteiger partial charge in [0.1, 0.15) is 0 Å². The van der Waals surface area contributed by atoms with Crippen LogP contribution in [-0.2, 0) is 0 Å². The molecule has 0 unspecified atom stereocenters. The molecule has 1 rings (SSSR count). The molecule has 0 aliphatic rings. The highest BCUT2D eigenvalue weighted by Gasteiger charge is 2.28. The van der Waals surface area contributed by atoms with Crippen molar-refractivity contribution in [1.82, 2.24) is 0 Å². The number of alkyl halides is 3. The molecule has 0 saturated carbocycles. The van der Waals surface area contributed by atoms with Gasteiger partial charge in [0, 0.05) is 22.5 Å². The minimum absolute atomic E-state index is 0.0604. The number of para-hydroxylation sites is 1. The first-order valence-corrected chi connectivity index (χ1v) is 7.97. The van der Waals surface area contributed by atoms with Crippen molar-refractivity contribution in [3.63, 3.8) is 0 Å². The number of hydrogen-bond donors (Lipinski definition) is 2. The zero-order valence-corrected chi connectivity index (χ0v) is 13.2. The Hall–Kier alpha value is -0.880. The second-order valence-electron chi connectivity index (χ2n) is 5.12. The van der Waals surface area contributed by atoms with Gasteiger partial charge in [0.25, 0.3) is 0 Å². The number of benzene rings is 1. The summed E-state index contributed by atoms with van der Waals surface area (Å²) < 4.78 is 37.0. The van der Waals surface area contributed by atoms with Gasteiger partial charge in [0.05, 0.1) is 12.4 Å². The Kier molecular flexibility index (Phi) is 6.87. The first kappa shape index (κ1) is 18.2. The lowest BCUT2D eigenvalue weighted by atomic mass is 9.83. The Morgan fingerprint density at radius 3 is 2.29 bits per heavy atom. The minimum atomic E-state index is -4.18. The zero-order chi connectivity index (χ0) is 15.9. The van der Waals surface area contributed by atoms with Crippen LogP contribution in [0.1, 0.15) is 26.7 Å². The minimum Gasteiger partial charge on any atom is -0.396 e.